The highest BCUT2D eigenvalue weighted by atomic mass is 35.5. The van der Waals surface area contributed by atoms with Crippen LogP contribution in [0.25, 0.3) is 0 Å². The lowest BCUT2D eigenvalue weighted by Crippen LogP contribution is -2.46. The van der Waals surface area contributed by atoms with Crippen molar-refractivity contribution in [1.82, 2.24) is 15.5 Å². The number of carbonyl (C=O) groups is 2. The molecule has 21 heavy (non-hydrogen) atoms. The quantitative estimate of drug-likeness (QED) is 0.805. The topological polar surface area (TPSA) is 61.4 Å². The van der Waals surface area contributed by atoms with Crippen molar-refractivity contribution >= 4 is 24.2 Å². The van der Waals surface area contributed by atoms with E-state index in [9.17, 15) is 9.59 Å². The molecule has 5 nitrogen and oxygen atoms in total. The van der Waals surface area contributed by atoms with Gasteiger partial charge in [0.2, 0.25) is 11.8 Å². The van der Waals surface area contributed by atoms with Gasteiger partial charge in [0, 0.05) is 18.5 Å². The van der Waals surface area contributed by atoms with Crippen LogP contribution in [0, 0.1) is 11.3 Å². The van der Waals surface area contributed by atoms with Gasteiger partial charge in [0.15, 0.2) is 0 Å². The number of likely N-dealkylation sites (tertiary alicyclic amines) is 1. The van der Waals surface area contributed by atoms with E-state index >= 15 is 0 Å². The predicted octanol–water partition coefficient (Wildman–Crippen LogP) is 1.42. The van der Waals surface area contributed by atoms with Crippen molar-refractivity contribution < 1.29 is 9.59 Å². The zero-order chi connectivity index (χ0) is 15.2. The van der Waals surface area contributed by atoms with Crippen molar-refractivity contribution in [3.8, 4) is 0 Å². The van der Waals surface area contributed by atoms with Gasteiger partial charge in [-0.15, -0.1) is 12.4 Å². The van der Waals surface area contributed by atoms with Gasteiger partial charge in [0.25, 0.3) is 0 Å². The number of carbonyl (C=O) groups excluding carboxylic acids is 2. The Balaban J connectivity index is 0.00000400. The summed E-state index contributed by atoms with van der Waals surface area (Å²) in [6, 6.07) is 0. The normalized spacial score (nSPS) is 16.3. The summed E-state index contributed by atoms with van der Waals surface area (Å²) in [6.45, 7) is 11.4. The first-order valence-corrected chi connectivity index (χ1v) is 7.61. The van der Waals surface area contributed by atoms with Gasteiger partial charge in [0.05, 0.1) is 6.54 Å². The molecule has 1 heterocycles. The lowest BCUT2D eigenvalue weighted by atomic mass is 9.95. The monoisotopic (exact) mass is 319 g/mol. The number of rotatable bonds is 5. The summed E-state index contributed by atoms with van der Waals surface area (Å²) in [5.74, 6) is 0.626. The Morgan fingerprint density at radius 3 is 2.24 bits per heavy atom. The van der Waals surface area contributed by atoms with Crippen LogP contribution in [-0.2, 0) is 9.59 Å². The van der Waals surface area contributed by atoms with E-state index in [1.807, 2.05) is 25.7 Å². The van der Waals surface area contributed by atoms with E-state index in [0.717, 1.165) is 39.0 Å². The molecule has 1 saturated heterocycles. The Morgan fingerprint density at radius 1 is 1.19 bits per heavy atom. The molecular weight excluding hydrogens is 290 g/mol. The number of nitrogens with zero attached hydrogens (tertiary/aromatic N) is 1. The van der Waals surface area contributed by atoms with E-state index in [4.69, 9.17) is 0 Å². The zero-order valence-electron chi connectivity index (χ0n) is 13.7. The number of piperidine rings is 1. The van der Waals surface area contributed by atoms with Crippen molar-refractivity contribution in [1.29, 1.82) is 0 Å². The summed E-state index contributed by atoms with van der Waals surface area (Å²) >= 11 is 0. The minimum atomic E-state index is -0.445. The molecule has 0 aromatic carbocycles. The van der Waals surface area contributed by atoms with Crippen LogP contribution < -0.4 is 10.6 Å². The highest BCUT2D eigenvalue weighted by Gasteiger charge is 2.25. The van der Waals surface area contributed by atoms with Crippen molar-refractivity contribution in [2.75, 3.05) is 32.7 Å². The largest absolute Gasteiger partial charge is 0.347 e. The van der Waals surface area contributed by atoms with E-state index in [2.05, 4.69) is 17.6 Å². The first-order valence-electron chi connectivity index (χ1n) is 7.61. The number of nitrogens with one attached hydrogen (secondary N) is 2. The fourth-order valence-electron chi connectivity index (χ4n) is 2.27. The molecule has 0 aromatic heterocycles. The second-order valence-electron chi connectivity index (χ2n) is 6.56. The first-order chi connectivity index (χ1) is 9.34. The van der Waals surface area contributed by atoms with Crippen molar-refractivity contribution in [3.63, 3.8) is 0 Å². The maximum atomic E-state index is 12.0. The summed E-state index contributed by atoms with van der Waals surface area (Å²) in [4.78, 5) is 25.6. The molecule has 2 amide bonds. The Morgan fingerprint density at radius 2 is 1.76 bits per heavy atom. The predicted molar refractivity (Wildman–Crippen MR) is 87.6 cm³/mol. The van der Waals surface area contributed by atoms with E-state index in [1.165, 1.54) is 0 Å². The van der Waals surface area contributed by atoms with Crippen LogP contribution in [0.1, 0.15) is 40.5 Å². The van der Waals surface area contributed by atoms with Gasteiger partial charge in [0.1, 0.15) is 0 Å². The van der Waals surface area contributed by atoms with Gasteiger partial charge in [-0.1, -0.05) is 27.7 Å². The van der Waals surface area contributed by atoms with E-state index in [-0.39, 0.29) is 30.8 Å². The molecule has 0 aromatic rings. The lowest BCUT2D eigenvalue weighted by molar-refractivity contribution is -0.136. The van der Waals surface area contributed by atoms with E-state index in [0.29, 0.717) is 5.92 Å². The first kappa shape index (κ1) is 20.2. The third kappa shape index (κ3) is 7.14. The second-order valence-corrected chi connectivity index (χ2v) is 6.56. The average molecular weight is 320 g/mol. The highest BCUT2D eigenvalue weighted by Crippen LogP contribution is 2.16. The minimum absolute atomic E-state index is 0. The molecule has 0 saturated carbocycles. The van der Waals surface area contributed by atoms with Gasteiger partial charge >= 0.3 is 0 Å². The van der Waals surface area contributed by atoms with E-state index < -0.39 is 5.41 Å². The van der Waals surface area contributed by atoms with Crippen molar-refractivity contribution in [2.45, 2.75) is 40.5 Å². The molecule has 2 N–H and O–H groups in total. The SMILES string of the molecule is CCNCC1CCN(C(=O)CNC(=O)C(C)(C)C)CC1.Cl. The summed E-state index contributed by atoms with van der Waals surface area (Å²) in [7, 11) is 0. The molecular formula is C15H30ClN3O2. The highest BCUT2D eigenvalue weighted by molar-refractivity contribution is 5.87. The van der Waals surface area contributed by atoms with Crippen molar-refractivity contribution in [2.24, 2.45) is 11.3 Å². The van der Waals surface area contributed by atoms with Gasteiger partial charge in [-0.2, -0.15) is 0 Å². The molecule has 1 aliphatic rings. The smallest absolute Gasteiger partial charge is 0.241 e. The van der Waals surface area contributed by atoms with Gasteiger partial charge in [-0.3, -0.25) is 9.59 Å². The van der Waals surface area contributed by atoms with Gasteiger partial charge in [-0.25, -0.2) is 0 Å². The summed E-state index contributed by atoms with van der Waals surface area (Å²) < 4.78 is 0. The van der Waals surface area contributed by atoms with Crippen LogP contribution in [0.15, 0.2) is 0 Å². The fraction of sp³-hybridized carbons (Fsp3) is 0.867. The summed E-state index contributed by atoms with van der Waals surface area (Å²) in [5, 5.41) is 6.08. The Labute approximate surface area is 134 Å². The molecule has 0 atom stereocenters. The molecule has 1 rings (SSSR count). The van der Waals surface area contributed by atoms with Crippen LogP contribution in [-0.4, -0.2) is 49.4 Å². The molecule has 1 aliphatic heterocycles. The van der Waals surface area contributed by atoms with Crippen LogP contribution in [0.4, 0.5) is 0 Å². The molecule has 1 fully saturated rings. The van der Waals surface area contributed by atoms with E-state index in [1.54, 1.807) is 0 Å². The van der Waals surface area contributed by atoms with Crippen LogP contribution in [0.5, 0.6) is 0 Å². The van der Waals surface area contributed by atoms with Gasteiger partial charge in [-0.05, 0) is 31.8 Å². The fourth-order valence-corrected chi connectivity index (χ4v) is 2.27. The number of hydrogen-bond donors (Lipinski definition) is 2. The third-order valence-electron chi connectivity index (χ3n) is 3.73. The van der Waals surface area contributed by atoms with Crippen molar-refractivity contribution in [3.05, 3.63) is 0 Å². The summed E-state index contributed by atoms with van der Waals surface area (Å²) in [6.07, 6.45) is 2.10. The molecule has 6 heteroatoms. The minimum Gasteiger partial charge on any atom is -0.347 e. The average Bonchev–Trinajstić information content (AvgIpc) is 2.41. The number of hydrogen-bond acceptors (Lipinski definition) is 3. The Bertz CT molecular complexity index is 334. The molecule has 0 spiro atoms. The summed E-state index contributed by atoms with van der Waals surface area (Å²) in [5.41, 5.74) is -0.445. The molecule has 0 aliphatic carbocycles. The molecule has 0 unspecified atom stereocenters. The maximum absolute atomic E-state index is 12.0. The van der Waals surface area contributed by atoms with Crippen LogP contribution in [0.3, 0.4) is 0 Å². The Kier molecular flexibility index (Phi) is 8.90. The molecule has 0 radical (unpaired) electrons. The lowest BCUT2D eigenvalue weighted by Gasteiger charge is -2.32. The zero-order valence-corrected chi connectivity index (χ0v) is 14.5. The standard InChI is InChI=1S/C15H29N3O2.ClH/c1-5-16-10-12-6-8-18(9-7-12)13(19)11-17-14(20)15(2,3)4;/h12,16H,5-11H2,1-4H3,(H,17,20);1H. The third-order valence-corrected chi connectivity index (χ3v) is 3.73. The van der Waals surface area contributed by atoms with Gasteiger partial charge < -0.3 is 15.5 Å². The van der Waals surface area contributed by atoms with Crippen LogP contribution in [0.2, 0.25) is 0 Å². The maximum Gasteiger partial charge on any atom is 0.241 e. The molecule has 124 valence electrons. The second kappa shape index (κ2) is 9.26. The molecule has 0 bridgehead atoms. The van der Waals surface area contributed by atoms with Crippen LogP contribution >= 0.6 is 12.4 Å². The number of amides is 2. The Hall–Kier alpha value is -0.810. The number of halogens is 1.